The van der Waals surface area contributed by atoms with Crippen molar-refractivity contribution in [2.75, 3.05) is 0 Å². The fourth-order valence-corrected chi connectivity index (χ4v) is 2.24. The van der Waals surface area contributed by atoms with E-state index in [2.05, 4.69) is 15.4 Å². The van der Waals surface area contributed by atoms with Gasteiger partial charge in [0.05, 0.1) is 22.1 Å². The molecule has 0 atom stereocenters. The summed E-state index contributed by atoms with van der Waals surface area (Å²) in [5.74, 6) is -0.998. The number of benzene rings is 2. The van der Waals surface area contributed by atoms with Gasteiger partial charge in [-0.25, -0.2) is 14.8 Å². The molecule has 3 rings (SSSR count). The standard InChI is InChI=1S/C17H15N3O3/c1-2-6-15(21)23-20-17(22)11-7-5-10-14-16(11)19-13-9-4-3-8-12(13)18-14/h3-5,7-10H,2,6H2,1H3,(H,20,22). The van der Waals surface area contributed by atoms with Crippen LogP contribution in [0.2, 0.25) is 0 Å². The third-order valence-electron chi connectivity index (χ3n) is 3.33. The Kier molecular flexibility index (Phi) is 4.14. The molecule has 0 saturated carbocycles. The van der Waals surface area contributed by atoms with E-state index < -0.39 is 11.9 Å². The lowest BCUT2D eigenvalue weighted by atomic mass is 10.1. The molecule has 0 radical (unpaired) electrons. The van der Waals surface area contributed by atoms with Crippen LogP contribution in [-0.4, -0.2) is 21.8 Å². The molecular formula is C17H15N3O3. The fraction of sp³-hybridized carbons (Fsp3) is 0.176. The van der Waals surface area contributed by atoms with E-state index in [4.69, 9.17) is 4.84 Å². The summed E-state index contributed by atoms with van der Waals surface area (Å²) in [4.78, 5) is 37.3. The molecule has 2 aromatic carbocycles. The Morgan fingerprint density at radius 2 is 1.70 bits per heavy atom. The Hall–Kier alpha value is -3.02. The number of hydroxylamine groups is 1. The molecule has 1 aromatic heterocycles. The average Bonchev–Trinajstić information content (AvgIpc) is 2.57. The van der Waals surface area contributed by atoms with Crippen molar-refractivity contribution < 1.29 is 14.4 Å². The van der Waals surface area contributed by atoms with Gasteiger partial charge in [0, 0.05) is 6.42 Å². The fourth-order valence-electron chi connectivity index (χ4n) is 2.24. The highest BCUT2D eigenvalue weighted by atomic mass is 16.7. The number of rotatable bonds is 3. The van der Waals surface area contributed by atoms with Gasteiger partial charge in [-0.2, -0.15) is 5.48 Å². The number of aromatic nitrogens is 2. The van der Waals surface area contributed by atoms with Crippen LogP contribution in [0, 0.1) is 0 Å². The first-order valence-corrected chi connectivity index (χ1v) is 7.34. The van der Waals surface area contributed by atoms with Crippen LogP contribution in [0.25, 0.3) is 22.1 Å². The number of para-hydroxylation sites is 3. The minimum Gasteiger partial charge on any atom is -0.341 e. The number of nitrogens with one attached hydrogen (secondary N) is 1. The van der Waals surface area contributed by atoms with Crippen molar-refractivity contribution >= 4 is 33.9 Å². The van der Waals surface area contributed by atoms with Crippen molar-refractivity contribution in [3.63, 3.8) is 0 Å². The molecule has 0 fully saturated rings. The number of nitrogens with zero attached hydrogens (tertiary/aromatic N) is 2. The van der Waals surface area contributed by atoms with E-state index in [1.165, 1.54) is 0 Å². The largest absolute Gasteiger partial charge is 0.341 e. The molecule has 0 bridgehead atoms. The molecule has 3 aromatic rings. The SMILES string of the molecule is CCCC(=O)ONC(=O)c1cccc2nc3ccccc3nc12. The van der Waals surface area contributed by atoms with Gasteiger partial charge in [-0.3, -0.25) is 4.79 Å². The van der Waals surface area contributed by atoms with Gasteiger partial charge in [0.15, 0.2) is 0 Å². The van der Waals surface area contributed by atoms with E-state index in [9.17, 15) is 9.59 Å². The molecule has 0 aliphatic heterocycles. The smallest absolute Gasteiger partial charge is 0.332 e. The molecule has 0 spiro atoms. The summed E-state index contributed by atoms with van der Waals surface area (Å²) in [6.07, 6.45) is 0.903. The molecule has 6 nitrogen and oxygen atoms in total. The predicted octanol–water partition coefficient (Wildman–Crippen LogP) is 2.77. The topological polar surface area (TPSA) is 81.2 Å². The molecule has 23 heavy (non-hydrogen) atoms. The zero-order chi connectivity index (χ0) is 16.2. The Morgan fingerprint density at radius 3 is 2.43 bits per heavy atom. The lowest BCUT2D eigenvalue weighted by molar-refractivity contribution is -0.149. The minimum atomic E-state index is -0.523. The van der Waals surface area contributed by atoms with Crippen molar-refractivity contribution in [2.45, 2.75) is 19.8 Å². The van der Waals surface area contributed by atoms with E-state index in [1.807, 2.05) is 31.2 Å². The second-order valence-electron chi connectivity index (χ2n) is 5.04. The first kappa shape index (κ1) is 14.9. The highest BCUT2D eigenvalue weighted by molar-refractivity contribution is 6.05. The van der Waals surface area contributed by atoms with Gasteiger partial charge in [0.1, 0.15) is 5.52 Å². The summed E-state index contributed by atoms with van der Waals surface area (Å²) in [5.41, 5.74) is 5.01. The van der Waals surface area contributed by atoms with Crippen LogP contribution in [0.4, 0.5) is 0 Å². The molecule has 0 aliphatic carbocycles. The van der Waals surface area contributed by atoms with Crippen molar-refractivity contribution in [1.29, 1.82) is 0 Å². The normalized spacial score (nSPS) is 10.7. The summed E-state index contributed by atoms with van der Waals surface area (Å²) >= 11 is 0. The number of hydrogen-bond acceptors (Lipinski definition) is 5. The zero-order valence-corrected chi connectivity index (χ0v) is 12.6. The summed E-state index contributed by atoms with van der Waals surface area (Å²) in [6, 6.07) is 12.6. The number of hydrogen-bond donors (Lipinski definition) is 1. The lowest BCUT2D eigenvalue weighted by Gasteiger charge is -2.08. The molecule has 0 saturated heterocycles. The van der Waals surface area contributed by atoms with Crippen LogP contribution in [0.1, 0.15) is 30.1 Å². The van der Waals surface area contributed by atoms with Crippen molar-refractivity contribution in [1.82, 2.24) is 15.4 Å². The van der Waals surface area contributed by atoms with Gasteiger partial charge in [-0.15, -0.1) is 0 Å². The second-order valence-corrected chi connectivity index (χ2v) is 5.04. The van der Waals surface area contributed by atoms with Gasteiger partial charge in [0.25, 0.3) is 5.91 Å². The molecule has 1 amide bonds. The third kappa shape index (κ3) is 3.11. The highest BCUT2D eigenvalue weighted by Crippen LogP contribution is 2.19. The summed E-state index contributed by atoms with van der Waals surface area (Å²) in [5, 5.41) is 0. The number of fused-ring (bicyclic) bond motifs is 2. The van der Waals surface area contributed by atoms with E-state index in [0.717, 1.165) is 5.52 Å². The van der Waals surface area contributed by atoms with Crippen molar-refractivity contribution in [2.24, 2.45) is 0 Å². The Labute approximate surface area is 132 Å². The van der Waals surface area contributed by atoms with E-state index in [1.54, 1.807) is 18.2 Å². The molecule has 0 aliphatic rings. The molecule has 1 heterocycles. The summed E-state index contributed by atoms with van der Waals surface area (Å²) < 4.78 is 0. The van der Waals surface area contributed by atoms with Gasteiger partial charge < -0.3 is 4.84 Å². The molecule has 116 valence electrons. The molecule has 0 unspecified atom stereocenters. The lowest BCUT2D eigenvalue weighted by Crippen LogP contribution is -2.27. The van der Waals surface area contributed by atoms with Crippen LogP contribution in [-0.2, 0) is 9.63 Å². The monoisotopic (exact) mass is 309 g/mol. The van der Waals surface area contributed by atoms with E-state index in [0.29, 0.717) is 28.5 Å². The quantitative estimate of drug-likeness (QED) is 0.594. The third-order valence-corrected chi connectivity index (χ3v) is 3.33. The van der Waals surface area contributed by atoms with Crippen molar-refractivity contribution in [3.8, 4) is 0 Å². The van der Waals surface area contributed by atoms with Gasteiger partial charge in [-0.1, -0.05) is 25.1 Å². The maximum absolute atomic E-state index is 12.2. The Morgan fingerprint density at radius 1 is 1.00 bits per heavy atom. The maximum atomic E-state index is 12.2. The van der Waals surface area contributed by atoms with Gasteiger partial charge in [-0.05, 0) is 30.7 Å². The number of carbonyl (C=O) groups is 2. The average molecular weight is 309 g/mol. The van der Waals surface area contributed by atoms with Crippen LogP contribution in [0.3, 0.4) is 0 Å². The van der Waals surface area contributed by atoms with E-state index >= 15 is 0 Å². The Bertz CT molecular complexity index is 893. The minimum absolute atomic E-state index is 0.250. The summed E-state index contributed by atoms with van der Waals surface area (Å²) in [7, 11) is 0. The molecular weight excluding hydrogens is 294 g/mol. The zero-order valence-electron chi connectivity index (χ0n) is 12.6. The predicted molar refractivity (Wildman–Crippen MR) is 85.5 cm³/mol. The highest BCUT2D eigenvalue weighted by Gasteiger charge is 2.14. The van der Waals surface area contributed by atoms with Crippen LogP contribution in [0.15, 0.2) is 42.5 Å². The first-order valence-electron chi connectivity index (χ1n) is 7.34. The van der Waals surface area contributed by atoms with Crippen LogP contribution in [0.5, 0.6) is 0 Å². The first-order chi connectivity index (χ1) is 11.2. The summed E-state index contributed by atoms with van der Waals surface area (Å²) in [6.45, 7) is 1.86. The van der Waals surface area contributed by atoms with Crippen LogP contribution < -0.4 is 5.48 Å². The molecule has 1 N–H and O–H groups in total. The Balaban J connectivity index is 1.95. The van der Waals surface area contributed by atoms with Crippen LogP contribution >= 0.6 is 0 Å². The van der Waals surface area contributed by atoms with E-state index in [-0.39, 0.29) is 6.42 Å². The van der Waals surface area contributed by atoms with Gasteiger partial charge in [0.2, 0.25) is 0 Å². The van der Waals surface area contributed by atoms with Crippen molar-refractivity contribution in [3.05, 3.63) is 48.0 Å². The number of amides is 1. The maximum Gasteiger partial charge on any atom is 0.332 e. The number of carbonyl (C=O) groups excluding carboxylic acids is 2. The van der Waals surface area contributed by atoms with Gasteiger partial charge >= 0.3 is 5.97 Å². The second kappa shape index (κ2) is 6.39. The molecule has 6 heteroatoms.